The monoisotopic (exact) mass is 204 g/mol. The predicted octanol–water partition coefficient (Wildman–Crippen LogP) is 1.09. The lowest BCUT2D eigenvalue weighted by Crippen LogP contribution is -2.61. The first-order valence-electron chi connectivity index (χ1n) is 5.26. The van der Waals surface area contributed by atoms with Crippen molar-refractivity contribution in [3.8, 4) is 0 Å². The molecule has 0 saturated carbocycles. The van der Waals surface area contributed by atoms with Crippen molar-refractivity contribution in [2.24, 2.45) is 5.73 Å². The maximum Gasteiger partial charge on any atom is 0.242 e. The molecule has 2 N–H and O–H groups in total. The second-order valence-electron chi connectivity index (χ2n) is 4.01. The number of aryl methyl sites for hydroxylation is 1. The summed E-state index contributed by atoms with van der Waals surface area (Å²) in [5, 5.41) is 0. The lowest BCUT2D eigenvalue weighted by molar-refractivity contribution is -0.147. The summed E-state index contributed by atoms with van der Waals surface area (Å²) < 4.78 is 0. The molecule has 2 rings (SSSR count). The van der Waals surface area contributed by atoms with Gasteiger partial charge in [0.25, 0.3) is 0 Å². The summed E-state index contributed by atoms with van der Waals surface area (Å²) in [5.41, 5.74) is 8.20. The van der Waals surface area contributed by atoms with Crippen LogP contribution in [-0.2, 0) is 11.2 Å². The lowest BCUT2D eigenvalue weighted by Gasteiger charge is -2.43. The van der Waals surface area contributed by atoms with Crippen molar-refractivity contribution in [2.75, 3.05) is 7.05 Å². The molecular weight excluding hydrogens is 188 g/mol. The Hall–Kier alpha value is -1.35. The Bertz CT molecular complexity index is 360. The van der Waals surface area contributed by atoms with Crippen molar-refractivity contribution >= 4 is 5.91 Å². The van der Waals surface area contributed by atoms with Gasteiger partial charge in [0.1, 0.15) is 6.04 Å². The largest absolute Gasteiger partial charge is 0.335 e. The number of likely N-dealkylation sites (tertiary alicyclic amines) is 1. The number of rotatable bonds is 2. The number of carbonyl (C=O) groups excluding carboxylic acids is 1. The van der Waals surface area contributed by atoms with E-state index in [2.05, 4.69) is 31.2 Å². The van der Waals surface area contributed by atoms with Gasteiger partial charge in [-0.15, -0.1) is 0 Å². The summed E-state index contributed by atoms with van der Waals surface area (Å²) in [7, 11) is 1.80. The average Bonchev–Trinajstić information content (AvgIpc) is 2.30. The van der Waals surface area contributed by atoms with Crippen LogP contribution in [0.15, 0.2) is 24.3 Å². The Morgan fingerprint density at radius 1 is 1.33 bits per heavy atom. The lowest BCUT2D eigenvalue weighted by atomic mass is 9.89. The van der Waals surface area contributed by atoms with Gasteiger partial charge in [-0.3, -0.25) is 4.79 Å². The minimum atomic E-state index is -0.359. The maximum atomic E-state index is 11.3. The highest BCUT2D eigenvalue weighted by molar-refractivity contribution is 5.89. The van der Waals surface area contributed by atoms with Crippen LogP contribution in [0.4, 0.5) is 0 Å². The molecule has 0 radical (unpaired) electrons. The SMILES string of the molecule is CCc1ccc([C@H]2[C@@H](N)C(=O)N2C)cc1. The Labute approximate surface area is 89.9 Å². The molecule has 0 aliphatic carbocycles. The fourth-order valence-corrected chi connectivity index (χ4v) is 2.05. The molecular formula is C12H16N2O. The van der Waals surface area contributed by atoms with Crippen LogP contribution in [0.1, 0.15) is 24.1 Å². The van der Waals surface area contributed by atoms with Crippen LogP contribution in [0.3, 0.4) is 0 Å². The summed E-state index contributed by atoms with van der Waals surface area (Å²) in [6.07, 6.45) is 1.03. The fraction of sp³-hybridized carbons (Fsp3) is 0.417. The standard InChI is InChI=1S/C12H16N2O/c1-3-8-4-6-9(7-5-8)11-10(13)12(15)14(11)2/h4-7,10-11H,3,13H2,1-2H3/t10-,11+/m1/s1. The van der Waals surface area contributed by atoms with Gasteiger partial charge in [-0.1, -0.05) is 31.2 Å². The number of nitrogens with zero attached hydrogens (tertiary/aromatic N) is 1. The van der Waals surface area contributed by atoms with E-state index >= 15 is 0 Å². The van der Waals surface area contributed by atoms with E-state index in [1.807, 2.05) is 0 Å². The van der Waals surface area contributed by atoms with E-state index in [-0.39, 0.29) is 18.0 Å². The highest BCUT2D eigenvalue weighted by Crippen LogP contribution is 2.31. The fourth-order valence-electron chi connectivity index (χ4n) is 2.05. The first-order chi connectivity index (χ1) is 7.15. The normalized spacial score (nSPS) is 25.3. The zero-order valence-corrected chi connectivity index (χ0v) is 9.10. The third-order valence-electron chi connectivity index (χ3n) is 3.12. The van der Waals surface area contributed by atoms with E-state index in [0.29, 0.717) is 0 Å². The molecule has 1 aromatic rings. The first kappa shape index (κ1) is 10.2. The van der Waals surface area contributed by atoms with Crippen LogP contribution in [0.5, 0.6) is 0 Å². The predicted molar refractivity (Wildman–Crippen MR) is 59.3 cm³/mol. The van der Waals surface area contributed by atoms with Gasteiger partial charge in [0.2, 0.25) is 5.91 Å². The van der Waals surface area contributed by atoms with Gasteiger partial charge in [-0.25, -0.2) is 0 Å². The minimum absolute atomic E-state index is 0.0274. The summed E-state index contributed by atoms with van der Waals surface area (Å²) in [5.74, 6) is 0.0274. The van der Waals surface area contributed by atoms with Gasteiger partial charge in [0.05, 0.1) is 6.04 Å². The zero-order valence-electron chi connectivity index (χ0n) is 9.10. The van der Waals surface area contributed by atoms with Crippen molar-refractivity contribution in [3.05, 3.63) is 35.4 Å². The molecule has 1 aliphatic heterocycles. The Morgan fingerprint density at radius 2 is 1.93 bits per heavy atom. The van der Waals surface area contributed by atoms with Crippen molar-refractivity contribution < 1.29 is 4.79 Å². The van der Waals surface area contributed by atoms with Crippen molar-refractivity contribution in [1.29, 1.82) is 0 Å². The summed E-state index contributed by atoms with van der Waals surface area (Å²) in [6, 6.07) is 8.02. The van der Waals surface area contributed by atoms with Gasteiger partial charge in [-0.2, -0.15) is 0 Å². The molecule has 0 spiro atoms. The second kappa shape index (κ2) is 3.66. The molecule has 0 unspecified atom stereocenters. The van der Waals surface area contributed by atoms with Crippen LogP contribution < -0.4 is 5.73 Å². The number of carbonyl (C=O) groups is 1. The molecule has 1 saturated heterocycles. The highest BCUT2D eigenvalue weighted by atomic mass is 16.2. The van der Waals surface area contributed by atoms with Gasteiger partial charge in [0.15, 0.2) is 0 Å². The Balaban J connectivity index is 2.20. The van der Waals surface area contributed by atoms with E-state index in [9.17, 15) is 4.79 Å². The van der Waals surface area contributed by atoms with E-state index in [1.165, 1.54) is 5.56 Å². The molecule has 1 amide bonds. The molecule has 1 heterocycles. The summed E-state index contributed by atoms with van der Waals surface area (Å²) >= 11 is 0. The Kier molecular flexibility index (Phi) is 2.49. The molecule has 15 heavy (non-hydrogen) atoms. The molecule has 2 atom stereocenters. The highest BCUT2D eigenvalue weighted by Gasteiger charge is 2.42. The van der Waals surface area contributed by atoms with E-state index in [0.717, 1.165) is 12.0 Å². The Morgan fingerprint density at radius 3 is 2.40 bits per heavy atom. The number of likely N-dealkylation sites (N-methyl/N-ethyl adjacent to an activating group) is 1. The smallest absolute Gasteiger partial charge is 0.242 e. The third-order valence-corrected chi connectivity index (χ3v) is 3.12. The molecule has 3 heteroatoms. The molecule has 1 fully saturated rings. The number of β-lactam (4-membered cyclic amide) rings is 1. The van der Waals surface area contributed by atoms with E-state index < -0.39 is 0 Å². The van der Waals surface area contributed by atoms with Crippen LogP contribution in [0, 0.1) is 0 Å². The van der Waals surface area contributed by atoms with Gasteiger partial charge < -0.3 is 10.6 Å². The van der Waals surface area contributed by atoms with Crippen molar-refractivity contribution in [2.45, 2.75) is 25.4 Å². The number of benzene rings is 1. The van der Waals surface area contributed by atoms with Gasteiger partial charge in [-0.05, 0) is 17.5 Å². The molecule has 0 bridgehead atoms. The van der Waals surface area contributed by atoms with E-state index in [1.54, 1.807) is 11.9 Å². The zero-order chi connectivity index (χ0) is 11.0. The number of amides is 1. The van der Waals surface area contributed by atoms with Crippen molar-refractivity contribution in [1.82, 2.24) is 4.90 Å². The summed E-state index contributed by atoms with van der Waals surface area (Å²) in [6.45, 7) is 2.12. The molecule has 1 aromatic carbocycles. The molecule has 0 aromatic heterocycles. The van der Waals surface area contributed by atoms with Gasteiger partial charge in [0, 0.05) is 7.05 Å². The van der Waals surface area contributed by atoms with Crippen LogP contribution in [0.25, 0.3) is 0 Å². The minimum Gasteiger partial charge on any atom is -0.335 e. The topological polar surface area (TPSA) is 46.3 Å². The van der Waals surface area contributed by atoms with Crippen LogP contribution in [-0.4, -0.2) is 23.9 Å². The second-order valence-corrected chi connectivity index (χ2v) is 4.01. The van der Waals surface area contributed by atoms with E-state index in [4.69, 9.17) is 5.73 Å². The molecule has 80 valence electrons. The maximum absolute atomic E-state index is 11.3. The number of hydrogen-bond donors (Lipinski definition) is 1. The summed E-state index contributed by atoms with van der Waals surface area (Å²) in [4.78, 5) is 13.0. The quantitative estimate of drug-likeness (QED) is 0.733. The first-order valence-corrected chi connectivity index (χ1v) is 5.26. The molecule has 1 aliphatic rings. The third kappa shape index (κ3) is 1.53. The average molecular weight is 204 g/mol. The van der Waals surface area contributed by atoms with Crippen LogP contribution in [0.2, 0.25) is 0 Å². The number of nitrogens with two attached hydrogens (primary N) is 1. The number of hydrogen-bond acceptors (Lipinski definition) is 2. The van der Waals surface area contributed by atoms with Crippen LogP contribution >= 0.6 is 0 Å². The van der Waals surface area contributed by atoms with Crippen molar-refractivity contribution in [3.63, 3.8) is 0 Å². The molecule has 3 nitrogen and oxygen atoms in total. The van der Waals surface area contributed by atoms with Gasteiger partial charge >= 0.3 is 0 Å².